The highest BCUT2D eigenvalue weighted by Gasteiger charge is 2.15. The molecule has 0 radical (unpaired) electrons. The number of hydrogen-bond acceptors (Lipinski definition) is 5. The summed E-state index contributed by atoms with van der Waals surface area (Å²) in [6.07, 6.45) is 0. The topological polar surface area (TPSA) is 108 Å². The highest BCUT2D eigenvalue weighted by atomic mass is 32.2. The van der Waals surface area contributed by atoms with E-state index in [-0.39, 0.29) is 21.3 Å². The first-order chi connectivity index (χ1) is 14.6. The first-order valence-corrected chi connectivity index (χ1v) is 11.1. The lowest BCUT2D eigenvalue weighted by atomic mass is 10.1. The van der Waals surface area contributed by atoms with Crippen molar-refractivity contribution in [3.63, 3.8) is 0 Å². The van der Waals surface area contributed by atoms with Gasteiger partial charge >= 0.3 is 0 Å². The van der Waals surface area contributed by atoms with Gasteiger partial charge in [-0.1, -0.05) is 18.2 Å². The molecule has 3 aromatic carbocycles. The van der Waals surface area contributed by atoms with E-state index < -0.39 is 15.9 Å². The number of sulfonamides is 1. The Balaban J connectivity index is 1.66. The summed E-state index contributed by atoms with van der Waals surface area (Å²) in [6.45, 7) is 3.79. The zero-order chi connectivity index (χ0) is 22.6. The van der Waals surface area contributed by atoms with E-state index in [1.165, 1.54) is 36.4 Å². The molecule has 160 valence electrons. The SMILES string of the molecule is Cc1cc(C)cc(NS(=O)(=O)c2ccc(NC(=S)NC(=O)c3ccccc3O)cc2)c1. The van der Waals surface area contributed by atoms with Crippen LogP contribution in [0, 0.1) is 13.8 Å². The maximum absolute atomic E-state index is 12.7. The first-order valence-electron chi connectivity index (χ1n) is 9.25. The fourth-order valence-corrected chi connectivity index (χ4v) is 4.21. The Morgan fingerprint density at radius 1 is 0.903 bits per heavy atom. The number of nitrogens with one attached hydrogen (secondary N) is 3. The molecule has 0 saturated carbocycles. The average Bonchev–Trinajstić information content (AvgIpc) is 2.67. The molecule has 0 aliphatic rings. The molecule has 0 aromatic heterocycles. The Labute approximate surface area is 186 Å². The monoisotopic (exact) mass is 455 g/mol. The Bertz CT molecular complexity index is 1220. The number of rotatable bonds is 5. The van der Waals surface area contributed by atoms with Crippen molar-refractivity contribution in [2.45, 2.75) is 18.7 Å². The van der Waals surface area contributed by atoms with Crippen molar-refractivity contribution in [1.29, 1.82) is 0 Å². The summed E-state index contributed by atoms with van der Waals surface area (Å²) in [5, 5.41) is 15.0. The van der Waals surface area contributed by atoms with E-state index in [2.05, 4.69) is 15.4 Å². The van der Waals surface area contributed by atoms with Gasteiger partial charge in [-0.2, -0.15) is 0 Å². The van der Waals surface area contributed by atoms with Crippen LogP contribution < -0.4 is 15.4 Å². The average molecular weight is 456 g/mol. The van der Waals surface area contributed by atoms with Crippen LogP contribution >= 0.6 is 12.2 Å². The van der Waals surface area contributed by atoms with Crippen LogP contribution in [-0.2, 0) is 10.0 Å². The predicted molar refractivity (Wildman–Crippen MR) is 125 cm³/mol. The molecular formula is C22H21N3O4S2. The molecule has 0 atom stereocenters. The summed E-state index contributed by atoms with van der Waals surface area (Å²) in [5.41, 5.74) is 2.99. The molecule has 9 heteroatoms. The molecule has 3 rings (SSSR count). The van der Waals surface area contributed by atoms with Gasteiger partial charge in [0.1, 0.15) is 5.75 Å². The second kappa shape index (κ2) is 9.15. The minimum Gasteiger partial charge on any atom is -0.507 e. The standard InChI is InChI=1S/C22H21N3O4S2/c1-14-11-15(2)13-17(12-14)25-31(28,29)18-9-7-16(8-10-18)23-22(30)24-21(27)19-5-3-4-6-20(19)26/h3-13,25-26H,1-2H3,(H2,23,24,27,30). The molecule has 31 heavy (non-hydrogen) atoms. The number of carbonyl (C=O) groups is 1. The zero-order valence-corrected chi connectivity index (χ0v) is 18.5. The van der Waals surface area contributed by atoms with Crippen LogP contribution in [0.2, 0.25) is 0 Å². The number of thiocarbonyl (C=S) groups is 1. The number of aromatic hydroxyl groups is 1. The van der Waals surface area contributed by atoms with E-state index in [1.54, 1.807) is 24.3 Å². The zero-order valence-electron chi connectivity index (χ0n) is 16.8. The van der Waals surface area contributed by atoms with E-state index in [1.807, 2.05) is 19.9 Å². The lowest BCUT2D eigenvalue weighted by Gasteiger charge is -2.12. The van der Waals surface area contributed by atoms with Crippen molar-refractivity contribution in [2.75, 3.05) is 10.0 Å². The van der Waals surface area contributed by atoms with Gasteiger partial charge in [0.2, 0.25) is 0 Å². The van der Waals surface area contributed by atoms with Gasteiger partial charge < -0.3 is 10.4 Å². The molecule has 1 amide bonds. The summed E-state index contributed by atoms with van der Waals surface area (Å²) in [6, 6.07) is 17.5. The van der Waals surface area contributed by atoms with Crippen LogP contribution in [0.3, 0.4) is 0 Å². The minimum atomic E-state index is -3.76. The number of benzene rings is 3. The van der Waals surface area contributed by atoms with Gasteiger partial charge in [0.25, 0.3) is 15.9 Å². The summed E-state index contributed by atoms with van der Waals surface area (Å²) in [4.78, 5) is 12.3. The van der Waals surface area contributed by atoms with Crippen LogP contribution in [0.1, 0.15) is 21.5 Å². The van der Waals surface area contributed by atoms with Crippen LogP contribution in [0.25, 0.3) is 0 Å². The summed E-state index contributed by atoms with van der Waals surface area (Å²) < 4.78 is 27.9. The third kappa shape index (κ3) is 5.80. The van der Waals surface area contributed by atoms with Crippen molar-refractivity contribution in [3.05, 3.63) is 83.4 Å². The molecule has 0 aliphatic carbocycles. The fourth-order valence-electron chi connectivity index (χ4n) is 2.96. The lowest BCUT2D eigenvalue weighted by molar-refractivity contribution is 0.0975. The van der Waals surface area contributed by atoms with Crippen molar-refractivity contribution < 1.29 is 18.3 Å². The molecule has 0 spiro atoms. The van der Waals surface area contributed by atoms with Gasteiger partial charge in [-0.3, -0.25) is 14.8 Å². The van der Waals surface area contributed by atoms with Crippen LogP contribution in [0.4, 0.5) is 11.4 Å². The minimum absolute atomic E-state index is 0.0113. The van der Waals surface area contributed by atoms with Crippen molar-refractivity contribution in [3.8, 4) is 5.75 Å². The van der Waals surface area contributed by atoms with E-state index in [4.69, 9.17) is 12.2 Å². The van der Waals surface area contributed by atoms with E-state index in [9.17, 15) is 18.3 Å². The lowest BCUT2D eigenvalue weighted by Crippen LogP contribution is -2.34. The smallest absolute Gasteiger partial charge is 0.261 e. The normalized spacial score (nSPS) is 10.9. The summed E-state index contributed by atoms with van der Waals surface area (Å²) >= 11 is 5.12. The van der Waals surface area contributed by atoms with Gasteiger partial charge in [-0.25, -0.2) is 8.42 Å². The third-order valence-electron chi connectivity index (χ3n) is 4.27. The van der Waals surface area contributed by atoms with E-state index in [0.717, 1.165) is 11.1 Å². The second-order valence-corrected chi connectivity index (χ2v) is 9.02. The largest absolute Gasteiger partial charge is 0.507 e. The van der Waals surface area contributed by atoms with Gasteiger partial charge in [0.05, 0.1) is 10.5 Å². The van der Waals surface area contributed by atoms with E-state index in [0.29, 0.717) is 11.4 Å². The fraction of sp³-hybridized carbons (Fsp3) is 0.0909. The number of hydrogen-bond donors (Lipinski definition) is 4. The van der Waals surface area contributed by atoms with Gasteiger partial charge in [-0.15, -0.1) is 0 Å². The molecule has 3 aromatic rings. The number of para-hydroxylation sites is 1. The molecule has 0 bridgehead atoms. The number of phenols is 1. The molecule has 0 fully saturated rings. The third-order valence-corrected chi connectivity index (χ3v) is 5.87. The van der Waals surface area contributed by atoms with Crippen molar-refractivity contribution >= 4 is 44.6 Å². The molecule has 0 unspecified atom stereocenters. The second-order valence-electron chi connectivity index (χ2n) is 6.93. The maximum atomic E-state index is 12.7. The predicted octanol–water partition coefficient (Wildman–Crippen LogP) is 3.94. The van der Waals surface area contributed by atoms with Gasteiger partial charge in [-0.05, 0) is 85.7 Å². The summed E-state index contributed by atoms with van der Waals surface area (Å²) in [7, 11) is -3.76. The van der Waals surface area contributed by atoms with E-state index >= 15 is 0 Å². The molecular weight excluding hydrogens is 434 g/mol. The maximum Gasteiger partial charge on any atom is 0.261 e. The molecule has 0 aliphatic heterocycles. The highest BCUT2D eigenvalue weighted by molar-refractivity contribution is 7.92. The highest BCUT2D eigenvalue weighted by Crippen LogP contribution is 2.20. The number of anilines is 2. The molecule has 0 heterocycles. The van der Waals surface area contributed by atoms with Crippen LogP contribution in [0.5, 0.6) is 5.75 Å². The number of carbonyl (C=O) groups excluding carboxylic acids is 1. The van der Waals surface area contributed by atoms with Crippen molar-refractivity contribution in [2.24, 2.45) is 0 Å². The van der Waals surface area contributed by atoms with Gasteiger partial charge in [0, 0.05) is 11.4 Å². The summed E-state index contributed by atoms with van der Waals surface area (Å²) in [5.74, 6) is -0.721. The Morgan fingerprint density at radius 2 is 1.52 bits per heavy atom. The molecule has 4 N–H and O–H groups in total. The molecule has 0 saturated heterocycles. The number of phenolic OH excluding ortho intramolecular Hbond substituents is 1. The Hall–Kier alpha value is -3.43. The van der Waals surface area contributed by atoms with Crippen LogP contribution in [-0.4, -0.2) is 24.5 Å². The number of amides is 1. The van der Waals surface area contributed by atoms with Crippen molar-refractivity contribution in [1.82, 2.24) is 5.32 Å². The Morgan fingerprint density at radius 3 is 2.13 bits per heavy atom. The molecule has 7 nitrogen and oxygen atoms in total. The first kappa shape index (κ1) is 22.3. The number of aryl methyl sites for hydroxylation is 2. The Kier molecular flexibility index (Phi) is 6.57. The quantitative estimate of drug-likeness (QED) is 0.434. The van der Waals surface area contributed by atoms with Crippen LogP contribution in [0.15, 0.2) is 71.6 Å². The van der Waals surface area contributed by atoms with Gasteiger partial charge in [0.15, 0.2) is 5.11 Å².